The molecule has 4 nitrogen and oxygen atoms in total. The molecule has 0 amide bonds. The van der Waals surface area contributed by atoms with Crippen molar-refractivity contribution in [1.29, 1.82) is 0 Å². The van der Waals surface area contributed by atoms with Gasteiger partial charge in [0, 0.05) is 26.2 Å². The number of hydrogen-bond donors (Lipinski definition) is 1. The highest BCUT2D eigenvalue weighted by Gasteiger charge is 2.15. The van der Waals surface area contributed by atoms with Crippen molar-refractivity contribution in [3.8, 4) is 5.75 Å². The van der Waals surface area contributed by atoms with Gasteiger partial charge in [0.05, 0.1) is 7.11 Å². The number of nitrogens with zero attached hydrogens (tertiary/aromatic N) is 2. The number of halogens is 1. The van der Waals surface area contributed by atoms with Gasteiger partial charge in [0.2, 0.25) is 0 Å². The molecular formula is C16H26IN3O. The van der Waals surface area contributed by atoms with Crippen molar-refractivity contribution in [2.45, 2.75) is 26.2 Å². The number of likely N-dealkylation sites (tertiary alicyclic amines) is 1. The van der Waals surface area contributed by atoms with Crippen LogP contribution in [0, 0.1) is 0 Å². The first kappa shape index (κ1) is 18.1. The van der Waals surface area contributed by atoms with E-state index in [1.54, 1.807) is 7.11 Å². The molecular weight excluding hydrogens is 377 g/mol. The molecule has 0 unspecified atom stereocenters. The molecule has 1 aromatic carbocycles. The third-order valence-electron chi connectivity index (χ3n) is 3.54. The Balaban J connectivity index is 0.00000220. The Morgan fingerprint density at radius 3 is 2.76 bits per heavy atom. The van der Waals surface area contributed by atoms with Gasteiger partial charge in [-0.2, -0.15) is 0 Å². The number of nitrogens with one attached hydrogen (secondary N) is 1. The van der Waals surface area contributed by atoms with Gasteiger partial charge in [0.1, 0.15) is 5.75 Å². The molecule has 1 saturated heterocycles. The van der Waals surface area contributed by atoms with E-state index in [0.29, 0.717) is 0 Å². The van der Waals surface area contributed by atoms with Crippen molar-refractivity contribution in [2.24, 2.45) is 4.99 Å². The Bertz CT molecular complexity index is 445. The number of ether oxygens (including phenoxy) is 1. The van der Waals surface area contributed by atoms with Gasteiger partial charge in [-0.1, -0.05) is 12.1 Å². The highest BCUT2D eigenvalue weighted by atomic mass is 127. The van der Waals surface area contributed by atoms with Crippen LogP contribution in [-0.2, 0) is 6.42 Å². The first-order valence-corrected chi connectivity index (χ1v) is 7.49. The van der Waals surface area contributed by atoms with Crippen molar-refractivity contribution in [3.63, 3.8) is 0 Å². The standard InChI is InChI=1S/C16H25N3O.HI/c1-3-17-16(19-11-4-5-12-19)18-10-9-14-7-6-8-15(13-14)20-2;/h6-8,13H,3-5,9-12H2,1-2H3,(H,17,18);1H. The highest BCUT2D eigenvalue weighted by molar-refractivity contribution is 14.0. The Hall–Kier alpha value is -0.980. The summed E-state index contributed by atoms with van der Waals surface area (Å²) in [6.07, 6.45) is 3.50. The van der Waals surface area contributed by atoms with Gasteiger partial charge in [-0.05, 0) is 43.9 Å². The predicted octanol–water partition coefficient (Wildman–Crippen LogP) is 2.92. The Labute approximate surface area is 145 Å². The monoisotopic (exact) mass is 403 g/mol. The molecule has 0 aromatic heterocycles. The third kappa shape index (κ3) is 5.73. The minimum Gasteiger partial charge on any atom is -0.497 e. The average Bonchev–Trinajstić information content (AvgIpc) is 3.01. The van der Waals surface area contributed by atoms with Gasteiger partial charge in [-0.15, -0.1) is 24.0 Å². The minimum atomic E-state index is 0. The normalized spacial score (nSPS) is 14.8. The fraction of sp³-hybridized carbons (Fsp3) is 0.562. The minimum absolute atomic E-state index is 0. The van der Waals surface area contributed by atoms with Crippen LogP contribution >= 0.6 is 24.0 Å². The summed E-state index contributed by atoms with van der Waals surface area (Å²) in [5.74, 6) is 1.98. The van der Waals surface area contributed by atoms with E-state index in [0.717, 1.165) is 44.3 Å². The van der Waals surface area contributed by atoms with Gasteiger partial charge in [-0.25, -0.2) is 0 Å². The van der Waals surface area contributed by atoms with Crippen molar-refractivity contribution in [1.82, 2.24) is 10.2 Å². The van der Waals surface area contributed by atoms with E-state index >= 15 is 0 Å². The average molecular weight is 403 g/mol. The number of hydrogen-bond acceptors (Lipinski definition) is 2. The molecule has 1 N–H and O–H groups in total. The van der Waals surface area contributed by atoms with Crippen LogP contribution in [0.4, 0.5) is 0 Å². The van der Waals surface area contributed by atoms with Crippen molar-refractivity contribution in [3.05, 3.63) is 29.8 Å². The summed E-state index contributed by atoms with van der Waals surface area (Å²) in [5.41, 5.74) is 1.27. The van der Waals surface area contributed by atoms with Gasteiger partial charge < -0.3 is 15.0 Å². The number of methoxy groups -OCH3 is 1. The molecule has 0 atom stereocenters. The van der Waals surface area contributed by atoms with Crippen LogP contribution in [0.5, 0.6) is 5.75 Å². The lowest BCUT2D eigenvalue weighted by Gasteiger charge is -2.20. The second-order valence-corrected chi connectivity index (χ2v) is 5.03. The van der Waals surface area contributed by atoms with Crippen LogP contribution in [0.2, 0.25) is 0 Å². The van der Waals surface area contributed by atoms with E-state index < -0.39 is 0 Å². The Morgan fingerprint density at radius 1 is 1.33 bits per heavy atom. The summed E-state index contributed by atoms with van der Waals surface area (Å²) in [5, 5.41) is 3.38. The first-order valence-electron chi connectivity index (χ1n) is 7.49. The van der Waals surface area contributed by atoms with Gasteiger partial charge in [-0.3, -0.25) is 4.99 Å². The fourth-order valence-electron chi connectivity index (χ4n) is 2.47. The van der Waals surface area contributed by atoms with Crippen LogP contribution in [0.3, 0.4) is 0 Å². The number of guanidine groups is 1. The smallest absolute Gasteiger partial charge is 0.193 e. The van der Waals surface area contributed by atoms with Crippen molar-refractivity contribution in [2.75, 3.05) is 33.3 Å². The van der Waals surface area contributed by atoms with Crippen LogP contribution in [-0.4, -0.2) is 44.1 Å². The lowest BCUT2D eigenvalue weighted by molar-refractivity contribution is 0.414. The van der Waals surface area contributed by atoms with Gasteiger partial charge >= 0.3 is 0 Å². The zero-order valence-corrected chi connectivity index (χ0v) is 15.3. The molecule has 0 bridgehead atoms. The van der Waals surface area contributed by atoms with Crippen molar-refractivity contribution < 1.29 is 4.74 Å². The van der Waals surface area contributed by atoms with E-state index in [2.05, 4.69) is 29.3 Å². The molecule has 0 aliphatic carbocycles. The third-order valence-corrected chi connectivity index (χ3v) is 3.54. The molecule has 5 heteroatoms. The second-order valence-electron chi connectivity index (χ2n) is 5.03. The zero-order valence-electron chi connectivity index (χ0n) is 13.0. The molecule has 2 rings (SSSR count). The van der Waals surface area contributed by atoms with Gasteiger partial charge in [0.25, 0.3) is 0 Å². The molecule has 0 radical (unpaired) electrons. The van der Waals surface area contributed by atoms with Crippen LogP contribution in [0.15, 0.2) is 29.3 Å². The van der Waals surface area contributed by atoms with Crippen LogP contribution < -0.4 is 10.1 Å². The van der Waals surface area contributed by atoms with E-state index in [-0.39, 0.29) is 24.0 Å². The molecule has 1 aromatic rings. The molecule has 21 heavy (non-hydrogen) atoms. The summed E-state index contributed by atoms with van der Waals surface area (Å²) >= 11 is 0. The quantitative estimate of drug-likeness (QED) is 0.467. The Kier molecular flexibility index (Phi) is 8.49. The molecule has 118 valence electrons. The topological polar surface area (TPSA) is 36.9 Å². The SMILES string of the molecule is CCNC(=NCCc1cccc(OC)c1)N1CCCC1.I. The number of aliphatic imine (C=N–C) groups is 1. The predicted molar refractivity (Wildman–Crippen MR) is 98.9 cm³/mol. The summed E-state index contributed by atoms with van der Waals surface area (Å²) in [6.45, 7) is 6.12. The first-order chi connectivity index (χ1) is 9.83. The van der Waals surface area contributed by atoms with E-state index in [1.165, 1.54) is 18.4 Å². The maximum atomic E-state index is 5.25. The maximum Gasteiger partial charge on any atom is 0.193 e. The Morgan fingerprint density at radius 2 is 2.10 bits per heavy atom. The number of benzene rings is 1. The summed E-state index contributed by atoms with van der Waals surface area (Å²) in [7, 11) is 1.70. The van der Waals surface area contributed by atoms with E-state index in [9.17, 15) is 0 Å². The second kappa shape index (κ2) is 9.87. The molecule has 1 fully saturated rings. The largest absolute Gasteiger partial charge is 0.497 e. The summed E-state index contributed by atoms with van der Waals surface area (Å²) in [4.78, 5) is 7.09. The van der Waals surface area contributed by atoms with Crippen LogP contribution in [0.1, 0.15) is 25.3 Å². The van der Waals surface area contributed by atoms with Gasteiger partial charge in [0.15, 0.2) is 5.96 Å². The zero-order chi connectivity index (χ0) is 14.2. The highest BCUT2D eigenvalue weighted by Crippen LogP contribution is 2.13. The summed E-state index contributed by atoms with van der Waals surface area (Å²) < 4.78 is 5.25. The molecule has 1 aliphatic rings. The lowest BCUT2D eigenvalue weighted by atomic mass is 10.1. The summed E-state index contributed by atoms with van der Waals surface area (Å²) in [6, 6.07) is 8.21. The maximum absolute atomic E-state index is 5.25. The fourth-order valence-corrected chi connectivity index (χ4v) is 2.47. The van der Waals surface area contributed by atoms with E-state index in [4.69, 9.17) is 9.73 Å². The van der Waals surface area contributed by atoms with E-state index in [1.807, 2.05) is 12.1 Å². The molecule has 0 spiro atoms. The van der Waals surface area contributed by atoms with Crippen LogP contribution in [0.25, 0.3) is 0 Å². The molecule has 1 aliphatic heterocycles. The van der Waals surface area contributed by atoms with Crippen molar-refractivity contribution >= 4 is 29.9 Å². The molecule has 1 heterocycles. The number of rotatable bonds is 5. The lowest BCUT2D eigenvalue weighted by Crippen LogP contribution is -2.39. The molecule has 0 saturated carbocycles.